The van der Waals surface area contributed by atoms with Crippen molar-refractivity contribution in [1.29, 1.82) is 0 Å². The molecule has 0 aliphatic heterocycles. The molecule has 1 aromatic heterocycles. The van der Waals surface area contributed by atoms with Crippen molar-refractivity contribution in [3.05, 3.63) is 181 Å². The zero-order valence-electron chi connectivity index (χ0n) is 26.6. The van der Waals surface area contributed by atoms with Crippen molar-refractivity contribution in [1.82, 2.24) is 4.57 Å². The van der Waals surface area contributed by atoms with Crippen molar-refractivity contribution in [3.63, 3.8) is 0 Å². The Hall–Kier alpha value is -5.86. The van der Waals surface area contributed by atoms with Gasteiger partial charge < -0.3 is 9.47 Å². The van der Waals surface area contributed by atoms with Gasteiger partial charge in [0.25, 0.3) is 0 Å². The first-order valence-electron chi connectivity index (χ1n) is 16.4. The van der Waals surface area contributed by atoms with Gasteiger partial charge in [-0.05, 0) is 82.4 Å². The van der Waals surface area contributed by atoms with Gasteiger partial charge in [-0.3, -0.25) is 0 Å². The van der Waals surface area contributed by atoms with Crippen molar-refractivity contribution in [2.75, 3.05) is 4.90 Å². The molecule has 0 atom stereocenters. The summed E-state index contributed by atoms with van der Waals surface area (Å²) in [4.78, 5) is 2.43. The fourth-order valence-electron chi connectivity index (χ4n) is 7.73. The van der Waals surface area contributed by atoms with Crippen molar-refractivity contribution in [2.45, 2.75) is 19.3 Å². The van der Waals surface area contributed by atoms with E-state index in [-0.39, 0.29) is 5.41 Å². The molecule has 0 fully saturated rings. The molecule has 1 aliphatic rings. The lowest BCUT2D eigenvalue weighted by atomic mass is 9.82. The summed E-state index contributed by atoms with van der Waals surface area (Å²) in [6.45, 7) is 4.70. The van der Waals surface area contributed by atoms with E-state index >= 15 is 0 Å². The molecule has 0 saturated heterocycles. The average Bonchev–Trinajstić information content (AvgIpc) is 3.59. The maximum atomic E-state index is 2.43. The molecule has 8 aromatic rings. The second-order valence-corrected chi connectivity index (χ2v) is 13.0. The molecule has 47 heavy (non-hydrogen) atoms. The van der Waals surface area contributed by atoms with Gasteiger partial charge in [-0.1, -0.05) is 129 Å². The van der Waals surface area contributed by atoms with E-state index < -0.39 is 0 Å². The molecule has 0 saturated carbocycles. The van der Waals surface area contributed by atoms with Crippen LogP contribution >= 0.6 is 0 Å². The number of hydrogen-bond acceptors (Lipinski definition) is 1. The van der Waals surface area contributed by atoms with Crippen LogP contribution in [0.3, 0.4) is 0 Å². The Bertz CT molecular complexity index is 2360. The van der Waals surface area contributed by atoms with Crippen molar-refractivity contribution >= 4 is 38.9 Å². The van der Waals surface area contributed by atoms with E-state index in [4.69, 9.17) is 0 Å². The highest BCUT2D eigenvalue weighted by atomic mass is 15.1. The maximum Gasteiger partial charge on any atom is 0.0543 e. The van der Waals surface area contributed by atoms with Crippen LogP contribution in [-0.2, 0) is 5.41 Å². The summed E-state index contributed by atoms with van der Waals surface area (Å²) < 4.78 is 2.38. The van der Waals surface area contributed by atoms with Gasteiger partial charge in [0.05, 0.1) is 16.7 Å². The largest absolute Gasteiger partial charge is 0.310 e. The Morgan fingerprint density at radius 1 is 0.447 bits per heavy atom. The molecule has 224 valence electrons. The van der Waals surface area contributed by atoms with Gasteiger partial charge in [0.2, 0.25) is 0 Å². The van der Waals surface area contributed by atoms with Crippen LogP contribution in [0.1, 0.15) is 25.0 Å². The molecule has 0 unspecified atom stereocenters. The molecule has 0 radical (unpaired) electrons. The third-order valence-corrected chi connectivity index (χ3v) is 10.0. The third-order valence-electron chi connectivity index (χ3n) is 10.0. The summed E-state index contributed by atoms with van der Waals surface area (Å²) in [5, 5.41) is 2.54. The van der Waals surface area contributed by atoms with Crippen molar-refractivity contribution in [3.8, 4) is 27.9 Å². The third kappa shape index (κ3) is 4.26. The van der Waals surface area contributed by atoms with Crippen molar-refractivity contribution in [2.24, 2.45) is 0 Å². The standard InChI is InChI=1S/C45H34N2/c1-45(2)39-18-9-6-17-38(39)44-40(45)19-12-22-43(44)46(33-25-23-32(24-26-33)31-13-4-3-5-14-31)34-27-29-35(30-28-34)47-41-20-10-7-15-36(41)37-16-8-11-21-42(37)47/h3-30H,1-2H3. The predicted octanol–water partition coefficient (Wildman–Crippen LogP) is 12.2. The summed E-state index contributed by atoms with van der Waals surface area (Å²) in [6, 6.07) is 61.8. The van der Waals surface area contributed by atoms with Crippen LogP contribution in [0.15, 0.2) is 170 Å². The number of fused-ring (bicyclic) bond motifs is 6. The average molecular weight is 603 g/mol. The Morgan fingerprint density at radius 2 is 0.979 bits per heavy atom. The van der Waals surface area contributed by atoms with E-state index in [0.29, 0.717) is 0 Å². The first-order chi connectivity index (χ1) is 23.1. The minimum atomic E-state index is -0.0782. The SMILES string of the molecule is CC1(C)c2ccccc2-c2c(N(c3ccc(-c4ccccc4)cc3)c3ccc(-n4c5ccccc5c5ccccc54)cc3)cccc21. The monoisotopic (exact) mass is 602 g/mol. The molecule has 0 bridgehead atoms. The quantitative estimate of drug-likeness (QED) is 0.190. The van der Waals surface area contributed by atoms with E-state index in [9.17, 15) is 0 Å². The van der Waals surface area contributed by atoms with Gasteiger partial charge in [-0.2, -0.15) is 0 Å². The molecule has 0 amide bonds. The van der Waals surface area contributed by atoms with Gasteiger partial charge in [0.15, 0.2) is 0 Å². The number of benzene rings is 7. The fourth-order valence-corrected chi connectivity index (χ4v) is 7.73. The predicted molar refractivity (Wildman–Crippen MR) is 198 cm³/mol. The molecule has 0 spiro atoms. The Labute approximate surface area is 275 Å². The molecular weight excluding hydrogens is 569 g/mol. The Morgan fingerprint density at radius 3 is 1.66 bits per heavy atom. The lowest BCUT2D eigenvalue weighted by molar-refractivity contribution is 0.660. The number of rotatable bonds is 5. The summed E-state index contributed by atoms with van der Waals surface area (Å²) in [5.74, 6) is 0. The maximum absolute atomic E-state index is 2.43. The fraction of sp³-hybridized carbons (Fsp3) is 0.0667. The second-order valence-electron chi connectivity index (χ2n) is 13.0. The summed E-state index contributed by atoms with van der Waals surface area (Å²) in [7, 11) is 0. The number of hydrogen-bond donors (Lipinski definition) is 0. The summed E-state index contributed by atoms with van der Waals surface area (Å²) >= 11 is 0. The molecule has 1 heterocycles. The van der Waals surface area contributed by atoms with Crippen LogP contribution in [0.2, 0.25) is 0 Å². The van der Waals surface area contributed by atoms with E-state index in [1.807, 2.05) is 0 Å². The summed E-state index contributed by atoms with van der Waals surface area (Å²) in [6.07, 6.45) is 0. The zero-order valence-corrected chi connectivity index (χ0v) is 26.6. The van der Waals surface area contributed by atoms with E-state index in [1.54, 1.807) is 0 Å². The van der Waals surface area contributed by atoms with E-state index in [0.717, 1.165) is 17.1 Å². The van der Waals surface area contributed by atoms with E-state index in [2.05, 4.69) is 193 Å². The first-order valence-corrected chi connectivity index (χ1v) is 16.4. The highest BCUT2D eigenvalue weighted by molar-refractivity contribution is 6.09. The van der Waals surface area contributed by atoms with Crippen LogP contribution in [-0.4, -0.2) is 4.57 Å². The lowest BCUT2D eigenvalue weighted by Crippen LogP contribution is -2.16. The van der Waals surface area contributed by atoms with Gasteiger partial charge in [0.1, 0.15) is 0 Å². The smallest absolute Gasteiger partial charge is 0.0543 e. The molecule has 9 rings (SSSR count). The first kappa shape index (κ1) is 27.5. The number of anilines is 3. The molecule has 2 nitrogen and oxygen atoms in total. The van der Waals surface area contributed by atoms with Crippen LogP contribution in [0, 0.1) is 0 Å². The molecule has 0 N–H and O–H groups in total. The van der Waals surface area contributed by atoms with Crippen LogP contribution in [0.4, 0.5) is 17.1 Å². The molecular formula is C45H34N2. The zero-order chi connectivity index (χ0) is 31.5. The van der Waals surface area contributed by atoms with Gasteiger partial charge in [0, 0.05) is 38.8 Å². The minimum Gasteiger partial charge on any atom is -0.310 e. The van der Waals surface area contributed by atoms with E-state index in [1.165, 1.54) is 60.9 Å². The Kier molecular flexibility index (Phi) is 6.20. The summed E-state index contributed by atoms with van der Waals surface area (Å²) in [5.41, 5.74) is 14.7. The minimum absolute atomic E-state index is 0.0782. The molecule has 7 aromatic carbocycles. The highest BCUT2D eigenvalue weighted by Crippen LogP contribution is 2.54. The normalized spacial score (nSPS) is 13.1. The lowest BCUT2D eigenvalue weighted by Gasteiger charge is -2.29. The second kappa shape index (κ2) is 10.6. The van der Waals surface area contributed by atoms with Crippen molar-refractivity contribution < 1.29 is 0 Å². The highest BCUT2D eigenvalue weighted by Gasteiger charge is 2.37. The Balaban J connectivity index is 1.23. The number of aromatic nitrogens is 1. The molecule has 1 aliphatic carbocycles. The molecule has 2 heteroatoms. The topological polar surface area (TPSA) is 8.17 Å². The number of nitrogens with zero attached hydrogens (tertiary/aromatic N) is 2. The van der Waals surface area contributed by atoms with Crippen LogP contribution in [0.5, 0.6) is 0 Å². The van der Waals surface area contributed by atoms with Crippen LogP contribution in [0.25, 0.3) is 49.7 Å². The van der Waals surface area contributed by atoms with Gasteiger partial charge in [-0.15, -0.1) is 0 Å². The van der Waals surface area contributed by atoms with Crippen LogP contribution < -0.4 is 4.90 Å². The van der Waals surface area contributed by atoms with Gasteiger partial charge in [-0.25, -0.2) is 0 Å². The van der Waals surface area contributed by atoms with Gasteiger partial charge >= 0.3 is 0 Å². The number of para-hydroxylation sites is 2.